The Labute approximate surface area is 97.5 Å². The maximum atomic E-state index is 11.1. The van der Waals surface area contributed by atoms with E-state index in [0.29, 0.717) is 6.42 Å². The van der Waals surface area contributed by atoms with Crippen LogP contribution in [0.1, 0.15) is 13.3 Å². The zero-order chi connectivity index (χ0) is 12.0. The topological polar surface area (TPSA) is 58.8 Å². The summed E-state index contributed by atoms with van der Waals surface area (Å²) >= 11 is 0. The highest BCUT2D eigenvalue weighted by Gasteiger charge is 2.18. The van der Waals surface area contributed by atoms with Gasteiger partial charge in [0.2, 0.25) is 0 Å². The van der Waals surface area contributed by atoms with Crippen molar-refractivity contribution in [1.82, 2.24) is 9.80 Å². The van der Waals surface area contributed by atoms with Crippen LogP contribution in [0.5, 0.6) is 0 Å². The van der Waals surface area contributed by atoms with Gasteiger partial charge < -0.3 is 20.3 Å². The summed E-state index contributed by atoms with van der Waals surface area (Å²) in [6, 6.07) is -0.478. The molecular formula is C11H23N3O2. The van der Waals surface area contributed by atoms with Gasteiger partial charge in [0.15, 0.2) is 0 Å². The summed E-state index contributed by atoms with van der Waals surface area (Å²) in [6.45, 7) is 8.56. The first-order valence-electron chi connectivity index (χ1n) is 5.95. The molecule has 0 aromatic heterocycles. The third-order valence-corrected chi connectivity index (χ3v) is 3.17. The molecule has 0 radical (unpaired) electrons. The maximum Gasteiger partial charge on any atom is 0.322 e. The van der Waals surface area contributed by atoms with Crippen LogP contribution in [0.15, 0.2) is 0 Å². The summed E-state index contributed by atoms with van der Waals surface area (Å²) < 4.78 is 4.60. The molecule has 0 bridgehead atoms. The molecule has 1 rings (SSSR count). The van der Waals surface area contributed by atoms with Crippen LogP contribution in [0.4, 0.5) is 0 Å². The molecular weight excluding hydrogens is 206 g/mol. The lowest BCUT2D eigenvalue weighted by atomic mass is 10.2. The molecule has 2 N–H and O–H groups in total. The van der Waals surface area contributed by atoms with Crippen molar-refractivity contribution in [3.63, 3.8) is 0 Å². The van der Waals surface area contributed by atoms with E-state index < -0.39 is 6.04 Å². The predicted octanol–water partition coefficient (Wildman–Crippen LogP) is -0.486. The van der Waals surface area contributed by atoms with Crippen LogP contribution in [0.2, 0.25) is 0 Å². The molecule has 1 fully saturated rings. The average molecular weight is 229 g/mol. The van der Waals surface area contributed by atoms with E-state index in [1.807, 2.05) is 0 Å². The summed E-state index contributed by atoms with van der Waals surface area (Å²) in [5.41, 5.74) is 5.69. The molecule has 0 amide bonds. The Morgan fingerprint density at radius 3 is 2.38 bits per heavy atom. The number of piperazine rings is 1. The van der Waals surface area contributed by atoms with Crippen LogP contribution >= 0.6 is 0 Å². The predicted molar refractivity (Wildman–Crippen MR) is 63.2 cm³/mol. The normalized spacial score (nSPS) is 20.7. The van der Waals surface area contributed by atoms with Crippen LogP contribution in [0, 0.1) is 0 Å². The van der Waals surface area contributed by atoms with E-state index >= 15 is 0 Å². The molecule has 0 saturated carbocycles. The minimum absolute atomic E-state index is 0.313. The lowest BCUT2D eigenvalue weighted by molar-refractivity contribution is -0.142. The minimum Gasteiger partial charge on any atom is -0.468 e. The van der Waals surface area contributed by atoms with Gasteiger partial charge >= 0.3 is 5.97 Å². The summed E-state index contributed by atoms with van der Waals surface area (Å²) in [6.07, 6.45) is 0.679. The van der Waals surface area contributed by atoms with E-state index in [1.54, 1.807) is 0 Å². The highest BCUT2D eigenvalue weighted by molar-refractivity contribution is 5.75. The molecule has 1 aliphatic rings. The molecule has 0 aromatic carbocycles. The molecule has 16 heavy (non-hydrogen) atoms. The number of ether oxygens (including phenoxy) is 1. The molecule has 1 saturated heterocycles. The first kappa shape index (κ1) is 13.4. The van der Waals surface area contributed by atoms with E-state index in [9.17, 15) is 4.79 Å². The van der Waals surface area contributed by atoms with E-state index in [2.05, 4.69) is 21.5 Å². The fourth-order valence-corrected chi connectivity index (χ4v) is 1.92. The second-order valence-corrected chi connectivity index (χ2v) is 4.19. The lowest BCUT2D eigenvalue weighted by Gasteiger charge is -2.34. The molecule has 5 heteroatoms. The number of hydrogen-bond donors (Lipinski definition) is 1. The fourth-order valence-electron chi connectivity index (χ4n) is 1.92. The van der Waals surface area contributed by atoms with Gasteiger partial charge in [0, 0.05) is 32.7 Å². The van der Waals surface area contributed by atoms with E-state index in [4.69, 9.17) is 5.73 Å². The van der Waals surface area contributed by atoms with Gasteiger partial charge in [-0.1, -0.05) is 6.92 Å². The van der Waals surface area contributed by atoms with Gasteiger partial charge in [-0.05, 0) is 13.0 Å². The molecule has 94 valence electrons. The highest BCUT2D eigenvalue weighted by Crippen LogP contribution is 2.03. The number of likely N-dealkylation sites (N-methyl/N-ethyl adjacent to an activating group) is 1. The molecule has 5 nitrogen and oxygen atoms in total. The van der Waals surface area contributed by atoms with Crippen molar-refractivity contribution in [1.29, 1.82) is 0 Å². The minimum atomic E-state index is -0.478. The highest BCUT2D eigenvalue weighted by atomic mass is 16.5. The van der Waals surface area contributed by atoms with E-state index in [-0.39, 0.29) is 5.97 Å². The quantitative estimate of drug-likeness (QED) is 0.645. The Balaban J connectivity index is 2.17. The van der Waals surface area contributed by atoms with Gasteiger partial charge in [-0.3, -0.25) is 4.79 Å². The molecule has 1 heterocycles. The molecule has 0 spiro atoms. The number of carbonyl (C=O) groups is 1. The number of rotatable bonds is 5. The maximum absolute atomic E-state index is 11.1. The molecule has 1 atom stereocenters. The molecule has 0 aromatic rings. The van der Waals surface area contributed by atoms with Gasteiger partial charge in [-0.15, -0.1) is 0 Å². The van der Waals surface area contributed by atoms with Crippen LogP contribution < -0.4 is 5.73 Å². The third-order valence-electron chi connectivity index (χ3n) is 3.17. The van der Waals surface area contributed by atoms with Crippen molar-refractivity contribution in [3.05, 3.63) is 0 Å². The van der Waals surface area contributed by atoms with Crippen molar-refractivity contribution < 1.29 is 9.53 Å². The Bertz CT molecular complexity index is 215. The van der Waals surface area contributed by atoms with Crippen LogP contribution in [-0.2, 0) is 9.53 Å². The van der Waals surface area contributed by atoms with Crippen molar-refractivity contribution in [2.45, 2.75) is 19.4 Å². The number of hydrogen-bond acceptors (Lipinski definition) is 5. The first-order chi connectivity index (χ1) is 7.67. The lowest BCUT2D eigenvalue weighted by Crippen LogP contribution is -2.47. The van der Waals surface area contributed by atoms with Gasteiger partial charge in [-0.2, -0.15) is 0 Å². The Morgan fingerprint density at radius 2 is 1.88 bits per heavy atom. The van der Waals surface area contributed by atoms with E-state index in [1.165, 1.54) is 7.11 Å². The SMILES string of the molecule is CCN1CCN(CCC(N)C(=O)OC)CC1. The summed E-state index contributed by atoms with van der Waals surface area (Å²) in [5.74, 6) is -0.313. The zero-order valence-electron chi connectivity index (χ0n) is 10.3. The number of esters is 1. The van der Waals surface area contributed by atoms with Crippen LogP contribution in [0.3, 0.4) is 0 Å². The Hall–Kier alpha value is -0.650. The monoisotopic (exact) mass is 229 g/mol. The third kappa shape index (κ3) is 4.08. The second kappa shape index (κ2) is 6.83. The second-order valence-electron chi connectivity index (χ2n) is 4.19. The Kier molecular flexibility index (Phi) is 5.73. The van der Waals surface area contributed by atoms with Gasteiger partial charge in [0.25, 0.3) is 0 Å². The number of nitrogens with zero attached hydrogens (tertiary/aromatic N) is 2. The van der Waals surface area contributed by atoms with Gasteiger partial charge in [0.05, 0.1) is 7.11 Å². The summed E-state index contributed by atoms with van der Waals surface area (Å²) in [7, 11) is 1.38. The van der Waals surface area contributed by atoms with Crippen molar-refractivity contribution in [3.8, 4) is 0 Å². The molecule has 0 aliphatic carbocycles. The molecule has 1 unspecified atom stereocenters. The number of carbonyl (C=O) groups excluding carboxylic acids is 1. The van der Waals surface area contributed by atoms with E-state index in [0.717, 1.165) is 39.3 Å². The Morgan fingerprint density at radius 1 is 1.31 bits per heavy atom. The van der Waals surface area contributed by atoms with Crippen molar-refractivity contribution >= 4 is 5.97 Å². The van der Waals surface area contributed by atoms with Crippen LogP contribution in [-0.4, -0.2) is 68.2 Å². The first-order valence-corrected chi connectivity index (χ1v) is 5.95. The zero-order valence-corrected chi connectivity index (χ0v) is 10.3. The largest absolute Gasteiger partial charge is 0.468 e. The van der Waals surface area contributed by atoms with Gasteiger partial charge in [0.1, 0.15) is 6.04 Å². The standard InChI is InChI=1S/C11H23N3O2/c1-3-13-6-8-14(9-7-13)5-4-10(12)11(15)16-2/h10H,3-9,12H2,1-2H3. The summed E-state index contributed by atoms with van der Waals surface area (Å²) in [5, 5.41) is 0. The fraction of sp³-hybridized carbons (Fsp3) is 0.909. The van der Waals surface area contributed by atoms with Gasteiger partial charge in [-0.25, -0.2) is 0 Å². The van der Waals surface area contributed by atoms with Crippen molar-refractivity contribution in [2.24, 2.45) is 5.73 Å². The smallest absolute Gasteiger partial charge is 0.322 e. The number of nitrogens with two attached hydrogens (primary N) is 1. The molecule has 1 aliphatic heterocycles. The average Bonchev–Trinajstić information content (AvgIpc) is 2.35. The number of methoxy groups -OCH3 is 1. The summed E-state index contributed by atoms with van der Waals surface area (Å²) in [4.78, 5) is 15.9. The van der Waals surface area contributed by atoms with Crippen LogP contribution in [0.25, 0.3) is 0 Å². The van der Waals surface area contributed by atoms with Crippen molar-refractivity contribution in [2.75, 3.05) is 46.4 Å².